The van der Waals surface area contributed by atoms with E-state index in [0.717, 1.165) is 0 Å². The number of aromatic nitrogens is 3. The number of hydrogen-bond donors (Lipinski definition) is 2. The molecular formula is C16H18N4O4. The van der Waals surface area contributed by atoms with Crippen LogP contribution in [0, 0.1) is 0 Å². The van der Waals surface area contributed by atoms with Gasteiger partial charge in [-0.15, -0.1) is 0 Å². The van der Waals surface area contributed by atoms with Crippen molar-refractivity contribution in [2.75, 3.05) is 7.11 Å². The molecule has 1 amide bonds. The zero-order valence-electron chi connectivity index (χ0n) is 13.8. The maximum absolute atomic E-state index is 12.1. The predicted molar refractivity (Wildman–Crippen MR) is 88.8 cm³/mol. The molecule has 0 atom stereocenters. The Morgan fingerprint density at radius 2 is 2.04 bits per heavy atom. The smallest absolute Gasteiger partial charge is 0.413 e. The van der Waals surface area contributed by atoms with Gasteiger partial charge in [0.15, 0.2) is 5.65 Å². The van der Waals surface area contributed by atoms with E-state index in [4.69, 9.17) is 9.47 Å². The van der Waals surface area contributed by atoms with Crippen molar-refractivity contribution in [2.24, 2.45) is 0 Å². The number of nitrogens with one attached hydrogen (secondary N) is 2. The number of ether oxygens (including phenoxy) is 2. The van der Waals surface area contributed by atoms with Crippen LogP contribution in [0.2, 0.25) is 0 Å². The zero-order chi connectivity index (χ0) is 17.5. The van der Waals surface area contributed by atoms with Gasteiger partial charge in [-0.2, -0.15) is 5.10 Å². The number of nitrogens with zero attached hydrogens (tertiary/aromatic N) is 2. The first kappa shape index (κ1) is 15.9. The van der Waals surface area contributed by atoms with Crippen LogP contribution in [0.1, 0.15) is 20.8 Å². The van der Waals surface area contributed by atoms with Gasteiger partial charge in [0.25, 0.3) is 0 Å². The summed E-state index contributed by atoms with van der Waals surface area (Å²) in [5.41, 5.74) is 0.116. The third-order valence-electron chi connectivity index (χ3n) is 3.35. The van der Waals surface area contributed by atoms with Gasteiger partial charge in [-0.1, -0.05) is 0 Å². The molecule has 0 radical (unpaired) electrons. The fraction of sp³-hybridized carbons (Fsp3) is 0.312. The Morgan fingerprint density at radius 3 is 2.71 bits per heavy atom. The fourth-order valence-corrected chi connectivity index (χ4v) is 2.38. The van der Waals surface area contributed by atoms with Crippen LogP contribution in [0.25, 0.3) is 16.6 Å². The molecule has 2 aromatic heterocycles. The van der Waals surface area contributed by atoms with E-state index in [1.54, 1.807) is 18.2 Å². The van der Waals surface area contributed by atoms with Gasteiger partial charge in [-0.05, 0) is 39.0 Å². The molecule has 8 heteroatoms. The molecule has 3 aromatic rings. The van der Waals surface area contributed by atoms with Crippen molar-refractivity contribution in [3.63, 3.8) is 0 Å². The Kier molecular flexibility index (Phi) is 3.67. The summed E-state index contributed by atoms with van der Waals surface area (Å²) >= 11 is 0. The van der Waals surface area contributed by atoms with E-state index in [9.17, 15) is 9.59 Å². The third-order valence-corrected chi connectivity index (χ3v) is 3.35. The normalized spacial score (nSPS) is 11.7. The lowest BCUT2D eigenvalue weighted by atomic mass is 10.1. The number of aromatic amines is 1. The second-order valence-electron chi connectivity index (χ2n) is 6.38. The van der Waals surface area contributed by atoms with E-state index >= 15 is 0 Å². The Bertz CT molecular complexity index is 981. The summed E-state index contributed by atoms with van der Waals surface area (Å²) in [6.07, 6.45) is -0.589. The fourth-order valence-electron chi connectivity index (χ4n) is 2.38. The molecule has 0 bridgehead atoms. The van der Waals surface area contributed by atoms with Gasteiger partial charge in [0.05, 0.1) is 12.6 Å². The Labute approximate surface area is 137 Å². The molecule has 2 N–H and O–H groups in total. The van der Waals surface area contributed by atoms with Gasteiger partial charge >= 0.3 is 11.8 Å². The minimum atomic E-state index is -0.589. The molecule has 0 saturated heterocycles. The van der Waals surface area contributed by atoms with Crippen LogP contribution in [0.3, 0.4) is 0 Å². The number of H-pyrrole nitrogens is 1. The third kappa shape index (κ3) is 2.90. The van der Waals surface area contributed by atoms with E-state index in [-0.39, 0.29) is 11.4 Å². The lowest BCUT2D eigenvalue weighted by Gasteiger charge is -2.20. The van der Waals surface area contributed by atoms with Crippen LogP contribution in [0.5, 0.6) is 11.5 Å². The first-order valence-electron chi connectivity index (χ1n) is 7.36. The van der Waals surface area contributed by atoms with E-state index in [1.165, 1.54) is 17.6 Å². The first-order chi connectivity index (χ1) is 11.3. The van der Waals surface area contributed by atoms with Gasteiger partial charge in [-0.3, -0.25) is 0 Å². The largest absolute Gasteiger partial charge is 0.497 e. The van der Waals surface area contributed by atoms with Crippen LogP contribution >= 0.6 is 0 Å². The topological polar surface area (TPSA) is 97.7 Å². The molecule has 126 valence electrons. The van der Waals surface area contributed by atoms with Crippen LogP contribution in [-0.2, 0) is 0 Å². The molecule has 24 heavy (non-hydrogen) atoms. The van der Waals surface area contributed by atoms with E-state index < -0.39 is 11.6 Å². The van der Waals surface area contributed by atoms with Crippen molar-refractivity contribution in [2.45, 2.75) is 26.3 Å². The monoisotopic (exact) mass is 330 g/mol. The molecule has 8 nitrogen and oxygen atoms in total. The van der Waals surface area contributed by atoms with Crippen molar-refractivity contribution in [1.82, 2.24) is 19.9 Å². The molecule has 1 aromatic carbocycles. The summed E-state index contributed by atoms with van der Waals surface area (Å²) in [5.74, 6) is 0.872. The molecule has 0 spiro atoms. The maximum atomic E-state index is 12.1. The molecule has 0 saturated carbocycles. The van der Waals surface area contributed by atoms with Crippen LogP contribution in [-0.4, -0.2) is 33.3 Å². The summed E-state index contributed by atoms with van der Waals surface area (Å²) in [6.45, 7) is 5.56. The molecule has 0 aliphatic heterocycles. The highest BCUT2D eigenvalue weighted by Crippen LogP contribution is 2.30. The number of carbonyl (C=O) groups excluding carboxylic acids is 1. The average molecular weight is 330 g/mol. The molecule has 0 aliphatic carbocycles. The predicted octanol–water partition coefficient (Wildman–Crippen LogP) is 2.07. The zero-order valence-corrected chi connectivity index (χ0v) is 13.8. The Balaban J connectivity index is 2.17. The van der Waals surface area contributed by atoms with E-state index in [0.29, 0.717) is 22.3 Å². The number of benzene rings is 1. The van der Waals surface area contributed by atoms with Crippen LogP contribution < -0.4 is 20.5 Å². The van der Waals surface area contributed by atoms with Gasteiger partial charge in [0.2, 0.25) is 0 Å². The minimum Gasteiger partial charge on any atom is -0.497 e. The summed E-state index contributed by atoms with van der Waals surface area (Å²) in [4.78, 5) is 24.1. The van der Waals surface area contributed by atoms with Gasteiger partial charge in [0.1, 0.15) is 11.5 Å². The molecule has 0 unspecified atom stereocenters. The van der Waals surface area contributed by atoms with E-state index in [1.807, 2.05) is 20.8 Å². The summed E-state index contributed by atoms with van der Waals surface area (Å²) in [7, 11) is 1.54. The molecule has 2 heterocycles. The summed E-state index contributed by atoms with van der Waals surface area (Å²) in [5, 5.41) is 9.61. The number of hydrogen-bond acceptors (Lipinski definition) is 5. The number of fused-ring (bicyclic) bond motifs is 3. The number of rotatable bonds is 2. The van der Waals surface area contributed by atoms with Gasteiger partial charge in [0, 0.05) is 17.0 Å². The quantitative estimate of drug-likeness (QED) is 0.749. The molecule has 0 aliphatic rings. The lowest BCUT2D eigenvalue weighted by Crippen LogP contribution is -2.42. The average Bonchev–Trinajstić information content (AvgIpc) is 2.86. The molecule has 3 rings (SSSR count). The van der Waals surface area contributed by atoms with Crippen LogP contribution in [0.15, 0.2) is 29.1 Å². The highest BCUT2D eigenvalue weighted by Gasteiger charge is 2.18. The highest BCUT2D eigenvalue weighted by molar-refractivity contribution is 5.91. The second kappa shape index (κ2) is 5.55. The molecular weight excluding hydrogens is 312 g/mol. The maximum Gasteiger partial charge on any atom is 0.413 e. The second-order valence-corrected chi connectivity index (χ2v) is 6.38. The number of amides is 1. The summed E-state index contributed by atoms with van der Waals surface area (Å²) in [6, 6.07) is 6.67. The van der Waals surface area contributed by atoms with E-state index in [2.05, 4.69) is 15.5 Å². The number of carbonyl (C=O) groups is 1. The van der Waals surface area contributed by atoms with Crippen molar-refractivity contribution in [3.05, 3.63) is 34.7 Å². The number of pyridine rings is 1. The van der Waals surface area contributed by atoms with Crippen LogP contribution in [0.4, 0.5) is 4.79 Å². The standard InChI is InChI=1S/C16H18N4O4/c1-16(2,3)17-15(22)24-12-8-13-18-19-14(21)20(13)11-6-5-9(23-4)7-10(11)12/h5-8H,1-4H3,(H,17,22)(H,19,21). The molecule has 0 fully saturated rings. The van der Waals surface area contributed by atoms with Crippen molar-refractivity contribution >= 4 is 22.6 Å². The van der Waals surface area contributed by atoms with Crippen molar-refractivity contribution in [3.8, 4) is 11.5 Å². The van der Waals surface area contributed by atoms with Gasteiger partial charge < -0.3 is 14.8 Å². The van der Waals surface area contributed by atoms with Crippen molar-refractivity contribution in [1.29, 1.82) is 0 Å². The Morgan fingerprint density at radius 1 is 1.29 bits per heavy atom. The lowest BCUT2D eigenvalue weighted by molar-refractivity contribution is 0.191. The Hall–Kier alpha value is -3.03. The van der Waals surface area contributed by atoms with Crippen molar-refractivity contribution < 1.29 is 14.3 Å². The SMILES string of the molecule is COc1ccc2c(c1)c(OC(=O)NC(C)(C)C)cc1n[nH]c(=O)n12. The summed E-state index contributed by atoms with van der Waals surface area (Å²) < 4.78 is 12.1. The highest BCUT2D eigenvalue weighted by atomic mass is 16.6. The minimum absolute atomic E-state index is 0.289. The van der Waals surface area contributed by atoms with Gasteiger partial charge in [-0.25, -0.2) is 19.1 Å². The first-order valence-corrected chi connectivity index (χ1v) is 7.36. The number of methoxy groups -OCH3 is 1.